The second-order valence-corrected chi connectivity index (χ2v) is 6.71. The molecule has 1 aromatic rings. The van der Waals surface area contributed by atoms with Crippen molar-refractivity contribution >= 4 is 38.9 Å². The van der Waals surface area contributed by atoms with E-state index in [-0.39, 0.29) is 0 Å². The summed E-state index contributed by atoms with van der Waals surface area (Å²) < 4.78 is 1.05. The molecule has 2 rings (SSSR count). The first-order valence-corrected chi connectivity index (χ1v) is 8.10. The number of thiocarbonyl (C=S) groups is 1. The Morgan fingerprint density at radius 2 is 2.05 bits per heavy atom. The molecule has 0 saturated heterocycles. The fraction of sp³-hybridized carbons (Fsp3) is 0.533. The van der Waals surface area contributed by atoms with E-state index in [1.807, 2.05) is 0 Å². The molecule has 0 unspecified atom stereocenters. The average Bonchev–Trinajstić information content (AvgIpc) is 2.36. The van der Waals surface area contributed by atoms with Gasteiger partial charge in [-0.2, -0.15) is 0 Å². The second-order valence-electron chi connectivity index (χ2n) is 5.45. The maximum Gasteiger partial charge on any atom is 0.171 e. The van der Waals surface area contributed by atoms with Gasteiger partial charge in [-0.3, -0.25) is 0 Å². The molecule has 2 N–H and O–H groups in total. The summed E-state index contributed by atoms with van der Waals surface area (Å²) in [6.45, 7) is 4.38. The van der Waals surface area contributed by atoms with E-state index in [0.29, 0.717) is 12.0 Å². The Bertz CT molecular complexity index is 461. The maximum atomic E-state index is 5.42. The predicted molar refractivity (Wildman–Crippen MR) is 89.7 cm³/mol. The number of halogens is 1. The summed E-state index contributed by atoms with van der Waals surface area (Å²) in [7, 11) is 0. The van der Waals surface area contributed by atoms with E-state index in [2.05, 4.69) is 58.6 Å². The molecule has 1 fully saturated rings. The Labute approximate surface area is 129 Å². The number of anilines is 1. The second kappa shape index (κ2) is 6.71. The summed E-state index contributed by atoms with van der Waals surface area (Å²) in [5, 5.41) is 7.46. The third-order valence-electron chi connectivity index (χ3n) is 3.80. The average molecular weight is 341 g/mol. The molecule has 0 heterocycles. The van der Waals surface area contributed by atoms with Crippen LogP contribution in [0.25, 0.3) is 0 Å². The SMILES string of the molecule is Cc1ccc(NC(=S)N[C@@H]2CCCC[C@@H]2C)c(Br)c1. The molecule has 0 bridgehead atoms. The highest BCUT2D eigenvalue weighted by atomic mass is 79.9. The van der Waals surface area contributed by atoms with Crippen LogP contribution in [0.15, 0.2) is 22.7 Å². The number of rotatable bonds is 2. The zero-order valence-electron chi connectivity index (χ0n) is 11.5. The van der Waals surface area contributed by atoms with Crippen LogP contribution < -0.4 is 10.6 Å². The van der Waals surface area contributed by atoms with Crippen molar-refractivity contribution < 1.29 is 0 Å². The van der Waals surface area contributed by atoms with Crippen LogP contribution in [-0.4, -0.2) is 11.2 Å². The largest absolute Gasteiger partial charge is 0.359 e. The molecule has 1 aliphatic carbocycles. The number of hydrogen-bond acceptors (Lipinski definition) is 1. The first-order valence-electron chi connectivity index (χ1n) is 6.90. The molecule has 0 aliphatic heterocycles. The van der Waals surface area contributed by atoms with Gasteiger partial charge in [-0.1, -0.05) is 25.8 Å². The molecule has 104 valence electrons. The Balaban J connectivity index is 1.93. The lowest BCUT2D eigenvalue weighted by atomic mass is 9.86. The minimum atomic E-state index is 0.512. The van der Waals surface area contributed by atoms with Gasteiger partial charge in [-0.15, -0.1) is 0 Å². The molecule has 4 heteroatoms. The van der Waals surface area contributed by atoms with E-state index in [1.165, 1.54) is 31.2 Å². The van der Waals surface area contributed by atoms with Crippen LogP contribution in [-0.2, 0) is 0 Å². The number of aryl methyl sites for hydroxylation is 1. The summed E-state index contributed by atoms with van der Waals surface area (Å²) in [6.07, 6.45) is 5.18. The van der Waals surface area contributed by atoms with Crippen LogP contribution in [0.2, 0.25) is 0 Å². The van der Waals surface area contributed by atoms with Crippen molar-refractivity contribution in [2.45, 2.75) is 45.6 Å². The zero-order chi connectivity index (χ0) is 13.8. The normalized spacial score (nSPS) is 22.9. The topological polar surface area (TPSA) is 24.1 Å². The Kier molecular flexibility index (Phi) is 5.22. The van der Waals surface area contributed by atoms with Gasteiger partial charge >= 0.3 is 0 Å². The van der Waals surface area contributed by atoms with Crippen molar-refractivity contribution in [3.05, 3.63) is 28.2 Å². The van der Waals surface area contributed by atoms with E-state index in [9.17, 15) is 0 Å². The molecule has 2 atom stereocenters. The van der Waals surface area contributed by atoms with E-state index >= 15 is 0 Å². The molecular formula is C15H21BrN2S. The van der Waals surface area contributed by atoms with Crippen molar-refractivity contribution in [2.75, 3.05) is 5.32 Å². The predicted octanol–water partition coefficient (Wildman–Crippen LogP) is 4.62. The minimum Gasteiger partial charge on any atom is -0.359 e. The van der Waals surface area contributed by atoms with Gasteiger partial charge < -0.3 is 10.6 Å². The Morgan fingerprint density at radius 3 is 2.74 bits per heavy atom. The number of hydrogen-bond donors (Lipinski definition) is 2. The van der Waals surface area contributed by atoms with Crippen molar-refractivity contribution in [3.8, 4) is 0 Å². The van der Waals surface area contributed by atoms with Crippen LogP contribution in [0.5, 0.6) is 0 Å². The summed E-state index contributed by atoms with van der Waals surface area (Å²) >= 11 is 8.98. The quantitative estimate of drug-likeness (QED) is 0.768. The van der Waals surface area contributed by atoms with Crippen LogP contribution >= 0.6 is 28.1 Å². The third-order valence-corrected chi connectivity index (χ3v) is 4.68. The third kappa shape index (κ3) is 4.18. The monoisotopic (exact) mass is 340 g/mol. The lowest BCUT2D eigenvalue weighted by molar-refractivity contribution is 0.309. The lowest BCUT2D eigenvalue weighted by Gasteiger charge is -2.30. The van der Waals surface area contributed by atoms with Crippen molar-refractivity contribution in [3.63, 3.8) is 0 Å². The van der Waals surface area contributed by atoms with Crippen LogP contribution in [0.3, 0.4) is 0 Å². The van der Waals surface area contributed by atoms with Gasteiger partial charge in [0.1, 0.15) is 0 Å². The number of benzene rings is 1. The molecule has 0 aromatic heterocycles. The van der Waals surface area contributed by atoms with Gasteiger partial charge in [0, 0.05) is 10.5 Å². The molecule has 0 spiro atoms. The maximum absolute atomic E-state index is 5.42. The Morgan fingerprint density at radius 1 is 1.32 bits per heavy atom. The first-order chi connectivity index (χ1) is 9.06. The van der Waals surface area contributed by atoms with Gasteiger partial charge in [0.2, 0.25) is 0 Å². The fourth-order valence-corrected chi connectivity index (χ4v) is 3.43. The Hall–Kier alpha value is -0.610. The molecular weight excluding hydrogens is 320 g/mol. The molecule has 1 aromatic carbocycles. The summed E-state index contributed by atoms with van der Waals surface area (Å²) in [4.78, 5) is 0. The van der Waals surface area contributed by atoms with Gasteiger partial charge in [-0.05, 0) is 71.5 Å². The van der Waals surface area contributed by atoms with Crippen molar-refractivity contribution in [1.29, 1.82) is 0 Å². The molecule has 19 heavy (non-hydrogen) atoms. The van der Waals surface area contributed by atoms with Crippen LogP contribution in [0.1, 0.15) is 38.2 Å². The lowest BCUT2D eigenvalue weighted by Crippen LogP contribution is -2.43. The zero-order valence-corrected chi connectivity index (χ0v) is 13.9. The minimum absolute atomic E-state index is 0.512. The highest BCUT2D eigenvalue weighted by Crippen LogP contribution is 2.25. The smallest absolute Gasteiger partial charge is 0.171 e. The molecule has 0 amide bonds. The van der Waals surface area contributed by atoms with Gasteiger partial charge in [0.25, 0.3) is 0 Å². The molecule has 1 saturated carbocycles. The summed E-state index contributed by atoms with van der Waals surface area (Å²) in [5.41, 5.74) is 2.25. The molecule has 0 radical (unpaired) electrons. The fourth-order valence-electron chi connectivity index (χ4n) is 2.58. The van der Waals surface area contributed by atoms with Crippen LogP contribution in [0, 0.1) is 12.8 Å². The van der Waals surface area contributed by atoms with Crippen molar-refractivity contribution in [2.24, 2.45) is 5.92 Å². The van der Waals surface area contributed by atoms with Crippen LogP contribution in [0.4, 0.5) is 5.69 Å². The van der Waals surface area contributed by atoms with Crippen molar-refractivity contribution in [1.82, 2.24) is 5.32 Å². The van der Waals surface area contributed by atoms with E-state index in [0.717, 1.165) is 15.3 Å². The summed E-state index contributed by atoms with van der Waals surface area (Å²) in [5.74, 6) is 0.704. The van der Waals surface area contributed by atoms with E-state index in [1.54, 1.807) is 0 Å². The first kappa shape index (κ1) is 14.8. The van der Waals surface area contributed by atoms with E-state index < -0.39 is 0 Å². The highest BCUT2D eigenvalue weighted by Gasteiger charge is 2.21. The molecule has 2 nitrogen and oxygen atoms in total. The standard InChI is InChI=1S/C15H21BrN2S/c1-10-7-8-14(12(16)9-10)18-15(19)17-13-6-4-3-5-11(13)2/h7-9,11,13H,3-6H2,1-2H3,(H2,17,18,19)/t11-,13+/m0/s1. The van der Waals surface area contributed by atoms with Gasteiger partial charge in [-0.25, -0.2) is 0 Å². The molecule has 1 aliphatic rings. The highest BCUT2D eigenvalue weighted by molar-refractivity contribution is 9.10. The van der Waals surface area contributed by atoms with Gasteiger partial charge in [0.05, 0.1) is 5.69 Å². The summed E-state index contributed by atoms with van der Waals surface area (Å²) in [6, 6.07) is 6.74. The van der Waals surface area contributed by atoms with Gasteiger partial charge in [0.15, 0.2) is 5.11 Å². The number of nitrogens with one attached hydrogen (secondary N) is 2. The van der Waals surface area contributed by atoms with E-state index in [4.69, 9.17) is 12.2 Å².